The van der Waals surface area contributed by atoms with Gasteiger partial charge in [0.15, 0.2) is 0 Å². The maximum atomic E-state index is 12.1. The predicted octanol–water partition coefficient (Wildman–Crippen LogP) is 3.30. The molecule has 0 aliphatic heterocycles. The Labute approximate surface area is 108 Å². The summed E-state index contributed by atoms with van der Waals surface area (Å²) >= 11 is 5.72. The second-order valence-corrected chi connectivity index (χ2v) is 5.08. The molecule has 0 spiro atoms. The van der Waals surface area contributed by atoms with Gasteiger partial charge in [-0.15, -0.1) is 11.6 Å². The molecular formula is C14H18ClNO. The molecule has 2 nitrogen and oxygen atoms in total. The number of amides is 1. The van der Waals surface area contributed by atoms with Gasteiger partial charge < -0.3 is 4.90 Å². The highest BCUT2D eigenvalue weighted by Crippen LogP contribution is 2.27. The standard InChI is InChI=1S/C14H18ClNO/c1-16(10-12-3-2-4-12)14(17)13-7-5-11(9-15)6-8-13/h5-8,12H,2-4,9-10H2,1H3. The molecule has 1 aromatic rings. The third kappa shape index (κ3) is 3.01. The molecule has 0 heterocycles. The second-order valence-electron chi connectivity index (χ2n) is 4.81. The van der Waals surface area contributed by atoms with E-state index in [0.717, 1.165) is 17.7 Å². The molecular weight excluding hydrogens is 234 g/mol. The molecule has 1 aromatic carbocycles. The van der Waals surface area contributed by atoms with E-state index in [2.05, 4.69) is 0 Å². The summed E-state index contributed by atoms with van der Waals surface area (Å²) < 4.78 is 0. The van der Waals surface area contributed by atoms with Crippen LogP contribution in [0.25, 0.3) is 0 Å². The van der Waals surface area contributed by atoms with Gasteiger partial charge in [-0.3, -0.25) is 4.79 Å². The Kier molecular flexibility index (Phi) is 4.06. The first-order valence-electron chi connectivity index (χ1n) is 6.11. The zero-order valence-corrected chi connectivity index (χ0v) is 10.9. The minimum Gasteiger partial charge on any atom is -0.341 e. The zero-order chi connectivity index (χ0) is 12.3. The van der Waals surface area contributed by atoms with E-state index in [-0.39, 0.29) is 5.91 Å². The summed E-state index contributed by atoms with van der Waals surface area (Å²) in [7, 11) is 1.89. The Balaban J connectivity index is 1.96. The van der Waals surface area contributed by atoms with Crippen molar-refractivity contribution < 1.29 is 4.79 Å². The first-order valence-corrected chi connectivity index (χ1v) is 6.64. The molecule has 0 unspecified atom stereocenters. The topological polar surface area (TPSA) is 20.3 Å². The lowest BCUT2D eigenvalue weighted by atomic mass is 9.85. The number of nitrogens with zero attached hydrogens (tertiary/aromatic N) is 1. The molecule has 0 N–H and O–H groups in total. The molecule has 1 aliphatic rings. The zero-order valence-electron chi connectivity index (χ0n) is 10.2. The van der Waals surface area contributed by atoms with Crippen LogP contribution in [0.4, 0.5) is 0 Å². The molecule has 1 amide bonds. The van der Waals surface area contributed by atoms with E-state index in [1.165, 1.54) is 19.3 Å². The summed E-state index contributed by atoms with van der Waals surface area (Å²) in [5, 5.41) is 0. The SMILES string of the molecule is CN(CC1CCC1)C(=O)c1ccc(CCl)cc1. The van der Waals surface area contributed by atoms with Crippen LogP contribution in [0.3, 0.4) is 0 Å². The van der Waals surface area contributed by atoms with Crippen LogP contribution in [-0.2, 0) is 5.88 Å². The molecule has 1 fully saturated rings. The van der Waals surface area contributed by atoms with Crippen LogP contribution in [0.2, 0.25) is 0 Å². The number of carbonyl (C=O) groups excluding carboxylic acids is 1. The van der Waals surface area contributed by atoms with E-state index in [1.807, 2.05) is 36.2 Å². The molecule has 3 heteroatoms. The van der Waals surface area contributed by atoms with Crippen molar-refractivity contribution >= 4 is 17.5 Å². The Morgan fingerprint density at radius 1 is 1.35 bits per heavy atom. The normalized spacial score (nSPS) is 15.4. The minimum absolute atomic E-state index is 0.109. The number of carbonyl (C=O) groups is 1. The Morgan fingerprint density at radius 3 is 2.47 bits per heavy atom. The fraction of sp³-hybridized carbons (Fsp3) is 0.500. The second kappa shape index (κ2) is 5.54. The smallest absolute Gasteiger partial charge is 0.253 e. The van der Waals surface area contributed by atoms with Crippen molar-refractivity contribution in [3.05, 3.63) is 35.4 Å². The predicted molar refractivity (Wildman–Crippen MR) is 70.3 cm³/mol. The summed E-state index contributed by atoms with van der Waals surface area (Å²) in [5.74, 6) is 1.32. The highest BCUT2D eigenvalue weighted by atomic mass is 35.5. The summed E-state index contributed by atoms with van der Waals surface area (Å²) in [6.07, 6.45) is 3.85. The van der Waals surface area contributed by atoms with Gasteiger partial charge >= 0.3 is 0 Å². The van der Waals surface area contributed by atoms with E-state index < -0.39 is 0 Å². The van der Waals surface area contributed by atoms with E-state index in [0.29, 0.717) is 11.8 Å². The molecule has 17 heavy (non-hydrogen) atoms. The largest absolute Gasteiger partial charge is 0.341 e. The van der Waals surface area contributed by atoms with Crippen molar-refractivity contribution in [2.24, 2.45) is 5.92 Å². The van der Waals surface area contributed by atoms with Gasteiger partial charge in [-0.05, 0) is 36.5 Å². The van der Waals surface area contributed by atoms with Gasteiger partial charge in [-0.25, -0.2) is 0 Å². The molecule has 92 valence electrons. The fourth-order valence-electron chi connectivity index (χ4n) is 2.10. The summed E-state index contributed by atoms with van der Waals surface area (Å²) in [6, 6.07) is 7.55. The number of benzene rings is 1. The number of rotatable bonds is 4. The maximum absolute atomic E-state index is 12.1. The van der Waals surface area contributed by atoms with Gasteiger partial charge in [-0.1, -0.05) is 18.6 Å². The average Bonchev–Trinajstić information content (AvgIpc) is 2.32. The highest BCUT2D eigenvalue weighted by Gasteiger charge is 2.21. The summed E-state index contributed by atoms with van der Waals surface area (Å²) in [5.41, 5.74) is 1.80. The third-order valence-corrected chi connectivity index (χ3v) is 3.77. The lowest BCUT2D eigenvalue weighted by Crippen LogP contribution is -2.34. The first kappa shape index (κ1) is 12.4. The molecule has 0 saturated heterocycles. The molecule has 0 radical (unpaired) electrons. The van der Waals surface area contributed by atoms with E-state index >= 15 is 0 Å². The summed E-state index contributed by atoms with van der Waals surface area (Å²) in [6.45, 7) is 0.885. The Bertz CT molecular complexity index is 384. The van der Waals surface area contributed by atoms with Crippen LogP contribution >= 0.6 is 11.6 Å². The molecule has 2 rings (SSSR count). The minimum atomic E-state index is 0.109. The Morgan fingerprint density at radius 2 is 2.00 bits per heavy atom. The van der Waals surface area contributed by atoms with Crippen LogP contribution in [0.15, 0.2) is 24.3 Å². The maximum Gasteiger partial charge on any atom is 0.253 e. The number of hydrogen-bond acceptors (Lipinski definition) is 1. The molecule has 1 saturated carbocycles. The van der Waals surface area contributed by atoms with Gasteiger partial charge in [0.2, 0.25) is 0 Å². The van der Waals surface area contributed by atoms with Crippen molar-refractivity contribution in [2.75, 3.05) is 13.6 Å². The highest BCUT2D eigenvalue weighted by molar-refractivity contribution is 6.17. The van der Waals surface area contributed by atoms with Gasteiger partial charge in [0.25, 0.3) is 5.91 Å². The molecule has 0 atom stereocenters. The monoisotopic (exact) mass is 251 g/mol. The summed E-state index contributed by atoms with van der Waals surface area (Å²) in [4.78, 5) is 13.9. The number of halogens is 1. The lowest BCUT2D eigenvalue weighted by Gasteiger charge is -2.30. The van der Waals surface area contributed by atoms with E-state index in [4.69, 9.17) is 11.6 Å². The molecule has 0 bridgehead atoms. The van der Waals surface area contributed by atoms with E-state index in [9.17, 15) is 4.79 Å². The van der Waals surface area contributed by atoms with Gasteiger partial charge in [0.05, 0.1) is 0 Å². The van der Waals surface area contributed by atoms with Crippen molar-refractivity contribution in [3.8, 4) is 0 Å². The number of hydrogen-bond donors (Lipinski definition) is 0. The third-order valence-electron chi connectivity index (χ3n) is 3.46. The average molecular weight is 252 g/mol. The van der Waals surface area contributed by atoms with Gasteiger partial charge in [-0.2, -0.15) is 0 Å². The van der Waals surface area contributed by atoms with E-state index in [1.54, 1.807) is 0 Å². The van der Waals surface area contributed by atoms with Crippen LogP contribution in [-0.4, -0.2) is 24.4 Å². The molecule has 0 aromatic heterocycles. The first-order chi connectivity index (χ1) is 8.20. The van der Waals surface area contributed by atoms with Crippen molar-refractivity contribution in [1.82, 2.24) is 4.90 Å². The van der Waals surface area contributed by atoms with Crippen molar-refractivity contribution in [2.45, 2.75) is 25.1 Å². The fourth-order valence-corrected chi connectivity index (χ4v) is 2.28. The van der Waals surface area contributed by atoms with Crippen LogP contribution in [0, 0.1) is 5.92 Å². The van der Waals surface area contributed by atoms with Crippen molar-refractivity contribution in [3.63, 3.8) is 0 Å². The van der Waals surface area contributed by atoms with Crippen LogP contribution in [0.5, 0.6) is 0 Å². The van der Waals surface area contributed by atoms with Crippen LogP contribution < -0.4 is 0 Å². The Hall–Kier alpha value is -1.02. The lowest BCUT2D eigenvalue weighted by molar-refractivity contribution is 0.0745. The molecule has 1 aliphatic carbocycles. The quantitative estimate of drug-likeness (QED) is 0.752. The van der Waals surface area contributed by atoms with Gasteiger partial charge in [0, 0.05) is 25.0 Å². The number of alkyl halides is 1. The van der Waals surface area contributed by atoms with Gasteiger partial charge in [0.1, 0.15) is 0 Å². The van der Waals surface area contributed by atoms with Crippen LogP contribution in [0.1, 0.15) is 35.2 Å². The van der Waals surface area contributed by atoms with Crippen molar-refractivity contribution in [1.29, 1.82) is 0 Å².